The normalized spacial score (nSPS) is 17.7. The molecule has 0 spiro atoms. The molecule has 0 aliphatic carbocycles. The van der Waals surface area contributed by atoms with Crippen molar-refractivity contribution < 1.29 is 23.1 Å². The highest BCUT2D eigenvalue weighted by Crippen LogP contribution is 2.34. The summed E-state index contributed by atoms with van der Waals surface area (Å²) in [6.45, 7) is 4.42. The molecule has 1 saturated heterocycles. The summed E-state index contributed by atoms with van der Waals surface area (Å²) in [6, 6.07) is -0.0508. The monoisotopic (exact) mass is 369 g/mol. The van der Waals surface area contributed by atoms with Gasteiger partial charge in [-0.2, -0.15) is 18.3 Å². The molecule has 1 atom stereocenters. The topological polar surface area (TPSA) is 84.1 Å². The van der Waals surface area contributed by atoms with Crippen LogP contribution in [0.5, 0.6) is 0 Å². The van der Waals surface area contributed by atoms with Crippen molar-refractivity contribution in [3.05, 3.63) is 23.7 Å². The predicted octanol–water partition coefficient (Wildman–Crippen LogP) is 2.74. The summed E-state index contributed by atoms with van der Waals surface area (Å²) in [7, 11) is 0. The minimum Gasteiger partial charge on any atom is -0.480 e. The molecule has 140 valence electrons. The first kappa shape index (κ1) is 18.2. The molecule has 2 aromatic heterocycles. The van der Waals surface area contributed by atoms with Crippen LogP contribution in [0.2, 0.25) is 0 Å². The summed E-state index contributed by atoms with van der Waals surface area (Å²) in [4.78, 5) is 20.5. The van der Waals surface area contributed by atoms with Crippen LogP contribution in [0, 0.1) is 6.92 Å². The number of aromatic nitrogens is 4. The second-order valence-corrected chi connectivity index (χ2v) is 6.11. The number of carboxylic acids is 1. The van der Waals surface area contributed by atoms with E-state index < -0.39 is 23.9 Å². The molecule has 0 saturated carbocycles. The quantitative estimate of drug-likeness (QED) is 0.892. The van der Waals surface area contributed by atoms with Gasteiger partial charge in [-0.1, -0.05) is 0 Å². The first-order chi connectivity index (χ1) is 12.2. The van der Waals surface area contributed by atoms with E-state index in [9.17, 15) is 23.1 Å². The molecule has 3 heterocycles. The van der Waals surface area contributed by atoms with Crippen molar-refractivity contribution in [2.75, 3.05) is 11.4 Å². The number of anilines is 1. The number of carbonyl (C=O) groups is 1. The molecule has 26 heavy (non-hydrogen) atoms. The molecule has 7 nitrogen and oxygen atoms in total. The number of nitrogens with zero attached hydrogens (tertiary/aromatic N) is 5. The van der Waals surface area contributed by atoms with Crippen LogP contribution in [-0.4, -0.2) is 43.4 Å². The summed E-state index contributed by atoms with van der Waals surface area (Å²) in [6.07, 6.45) is -2.14. The molecular formula is C16H18F3N5O2. The third-order valence-electron chi connectivity index (χ3n) is 4.35. The minimum atomic E-state index is -4.67. The van der Waals surface area contributed by atoms with Crippen molar-refractivity contribution in [2.24, 2.45) is 0 Å². The maximum absolute atomic E-state index is 13.3. The van der Waals surface area contributed by atoms with E-state index in [1.165, 1.54) is 4.90 Å². The molecule has 0 aromatic carbocycles. The molecular weight excluding hydrogens is 351 g/mol. The summed E-state index contributed by atoms with van der Waals surface area (Å²) in [5.74, 6) is -1.32. The third kappa shape index (κ3) is 3.35. The van der Waals surface area contributed by atoms with Gasteiger partial charge in [0.2, 0.25) is 5.95 Å². The lowest BCUT2D eigenvalue weighted by atomic mass is 10.1. The van der Waals surface area contributed by atoms with Crippen molar-refractivity contribution in [3.63, 3.8) is 0 Å². The van der Waals surface area contributed by atoms with E-state index in [0.29, 0.717) is 37.2 Å². The molecule has 0 radical (unpaired) electrons. The Hall–Kier alpha value is -2.65. The zero-order valence-electron chi connectivity index (χ0n) is 14.3. The van der Waals surface area contributed by atoms with Gasteiger partial charge in [0.15, 0.2) is 5.69 Å². The van der Waals surface area contributed by atoms with Gasteiger partial charge >= 0.3 is 12.1 Å². The van der Waals surface area contributed by atoms with E-state index in [-0.39, 0.29) is 11.6 Å². The number of aryl methyl sites for hydroxylation is 2. The zero-order chi connectivity index (χ0) is 19.1. The average molecular weight is 369 g/mol. The Morgan fingerprint density at radius 2 is 2.12 bits per heavy atom. The maximum atomic E-state index is 13.3. The van der Waals surface area contributed by atoms with Gasteiger partial charge < -0.3 is 10.0 Å². The summed E-state index contributed by atoms with van der Waals surface area (Å²) in [5, 5.41) is 13.5. The van der Waals surface area contributed by atoms with E-state index in [1.54, 1.807) is 17.8 Å². The highest BCUT2D eigenvalue weighted by atomic mass is 19.4. The number of aliphatic carboxylic acids is 1. The van der Waals surface area contributed by atoms with Crippen LogP contribution >= 0.6 is 0 Å². The first-order valence-corrected chi connectivity index (χ1v) is 8.21. The summed E-state index contributed by atoms with van der Waals surface area (Å²) < 4.78 is 41.6. The molecule has 0 bridgehead atoms. The largest absolute Gasteiger partial charge is 0.480 e. The van der Waals surface area contributed by atoms with Gasteiger partial charge in [-0.15, -0.1) is 0 Å². The number of hydrogen-bond donors (Lipinski definition) is 1. The Kier molecular flexibility index (Phi) is 4.59. The van der Waals surface area contributed by atoms with E-state index in [2.05, 4.69) is 15.1 Å². The number of carboxylic acid groups (broad SMARTS) is 1. The van der Waals surface area contributed by atoms with Gasteiger partial charge in [0, 0.05) is 24.8 Å². The Balaban J connectivity index is 2.13. The van der Waals surface area contributed by atoms with E-state index in [1.807, 2.05) is 6.92 Å². The van der Waals surface area contributed by atoms with Crippen molar-refractivity contribution in [2.45, 2.75) is 45.5 Å². The fraction of sp³-hybridized carbons (Fsp3) is 0.500. The molecule has 1 fully saturated rings. The number of hydrogen-bond acceptors (Lipinski definition) is 5. The fourth-order valence-corrected chi connectivity index (χ4v) is 3.04. The molecule has 1 aliphatic rings. The van der Waals surface area contributed by atoms with Gasteiger partial charge in [-0.25, -0.2) is 14.8 Å². The molecule has 10 heteroatoms. The smallest absolute Gasteiger partial charge is 0.433 e. The van der Waals surface area contributed by atoms with E-state index in [0.717, 1.165) is 6.07 Å². The lowest BCUT2D eigenvalue weighted by Crippen LogP contribution is -2.37. The summed E-state index contributed by atoms with van der Waals surface area (Å²) in [5.41, 5.74) is -0.0133. The maximum Gasteiger partial charge on any atom is 0.433 e. The lowest BCUT2D eigenvalue weighted by molar-refractivity contribution is -0.141. The second-order valence-electron chi connectivity index (χ2n) is 6.11. The lowest BCUT2D eigenvalue weighted by Gasteiger charge is -2.22. The Morgan fingerprint density at radius 3 is 2.69 bits per heavy atom. The van der Waals surface area contributed by atoms with Crippen LogP contribution < -0.4 is 4.90 Å². The van der Waals surface area contributed by atoms with E-state index in [4.69, 9.17) is 0 Å². The van der Waals surface area contributed by atoms with Gasteiger partial charge in [0.1, 0.15) is 6.04 Å². The van der Waals surface area contributed by atoms with Crippen LogP contribution in [0.1, 0.15) is 31.2 Å². The SMILES string of the molecule is CCn1cc(-c2cc(C(F)(F)F)nc(N3CCCC3C(=O)O)n2)c(C)n1. The average Bonchev–Trinajstić information content (AvgIpc) is 3.20. The van der Waals surface area contributed by atoms with Crippen molar-refractivity contribution in [1.29, 1.82) is 0 Å². The first-order valence-electron chi connectivity index (χ1n) is 8.21. The molecule has 3 rings (SSSR count). The highest BCUT2D eigenvalue weighted by Gasteiger charge is 2.37. The van der Waals surface area contributed by atoms with Crippen LogP contribution in [0.15, 0.2) is 12.3 Å². The minimum absolute atomic E-state index is 0.0792. The second kappa shape index (κ2) is 6.58. The standard InChI is InChI=1S/C16H18F3N5O2/c1-3-23-8-10(9(2)22-23)11-7-13(16(17,18)19)21-15(20-11)24-6-4-5-12(24)14(25)26/h7-8,12H,3-6H2,1-2H3,(H,25,26). The van der Waals surface area contributed by atoms with Gasteiger partial charge in [-0.3, -0.25) is 4.68 Å². The van der Waals surface area contributed by atoms with Crippen LogP contribution in [0.3, 0.4) is 0 Å². The summed E-state index contributed by atoms with van der Waals surface area (Å²) >= 11 is 0. The van der Waals surface area contributed by atoms with Gasteiger partial charge in [0.05, 0.1) is 11.4 Å². The number of alkyl halides is 3. The van der Waals surface area contributed by atoms with Crippen LogP contribution in [0.4, 0.5) is 19.1 Å². The van der Waals surface area contributed by atoms with Crippen molar-refractivity contribution in [3.8, 4) is 11.3 Å². The van der Waals surface area contributed by atoms with Crippen molar-refractivity contribution in [1.82, 2.24) is 19.7 Å². The highest BCUT2D eigenvalue weighted by molar-refractivity contribution is 5.78. The Labute approximate surface area is 147 Å². The van der Waals surface area contributed by atoms with Crippen molar-refractivity contribution >= 4 is 11.9 Å². The van der Waals surface area contributed by atoms with Gasteiger partial charge in [-0.05, 0) is 32.8 Å². The Morgan fingerprint density at radius 1 is 1.38 bits per heavy atom. The molecule has 2 aromatic rings. The van der Waals surface area contributed by atoms with Crippen LogP contribution in [-0.2, 0) is 17.5 Å². The molecule has 1 aliphatic heterocycles. The molecule has 1 N–H and O–H groups in total. The number of rotatable bonds is 4. The van der Waals surface area contributed by atoms with Gasteiger partial charge in [0.25, 0.3) is 0 Å². The molecule has 1 unspecified atom stereocenters. The fourth-order valence-electron chi connectivity index (χ4n) is 3.04. The van der Waals surface area contributed by atoms with Crippen LogP contribution in [0.25, 0.3) is 11.3 Å². The molecule has 0 amide bonds. The van der Waals surface area contributed by atoms with E-state index >= 15 is 0 Å². The third-order valence-corrected chi connectivity index (χ3v) is 4.35. The number of halogens is 3. The Bertz CT molecular complexity index is 834. The zero-order valence-corrected chi connectivity index (χ0v) is 14.3. The predicted molar refractivity (Wildman–Crippen MR) is 86.7 cm³/mol.